The Kier molecular flexibility index (Phi) is 6.89. The summed E-state index contributed by atoms with van der Waals surface area (Å²) in [7, 11) is -1.85. The molecule has 2 aliphatic carbocycles. The quantitative estimate of drug-likeness (QED) is 0.288. The van der Waals surface area contributed by atoms with Crippen molar-refractivity contribution in [3.8, 4) is 0 Å². The molecule has 3 aliphatic rings. The van der Waals surface area contributed by atoms with Gasteiger partial charge in [-0.25, -0.2) is 0 Å². The molecule has 0 saturated heterocycles. The molecule has 2 aromatic carbocycles. The van der Waals surface area contributed by atoms with E-state index < -0.39 is 28.3 Å². The van der Waals surface area contributed by atoms with E-state index in [0.29, 0.717) is 0 Å². The summed E-state index contributed by atoms with van der Waals surface area (Å²) in [5, 5.41) is 3.70. The summed E-state index contributed by atoms with van der Waals surface area (Å²) in [6.07, 6.45) is 8.03. The Morgan fingerprint density at radius 2 is 1.06 bits per heavy atom. The average molecular weight is 548 g/mol. The third-order valence-electron chi connectivity index (χ3n) is 9.57. The molecule has 180 valence electrons. The zero-order valence-electron chi connectivity index (χ0n) is 22.4. The van der Waals surface area contributed by atoms with E-state index in [0.717, 1.165) is 7.25 Å². The van der Waals surface area contributed by atoms with Crippen molar-refractivity contribution in [3.63, 3.8) is 0 Å². The number of unbranched alkanes of at least 4 members (excludes halogenated alkanes) is 2. The molecule has 0 fully saturated rings. The van der Waals surface area contributed by atoms with Gasteiger partial charge in [-0.15, -0.1) is 0 Å². The summed E-state index contributed by atoms with van der Waals surface area (Å²) in [6.45, 7) is 15.2. The van der Waals surface area contributed by atoms with Crippen LogP contribution in [0.2, 0.25) is 21.4 Å². The van der Waals surface area contributed by atoms with Crippen LogP contribution < -0.4 is 0 Å². The van der Waals surface area contributed by atoms with E-state index in [2.05, 4.69) is 89.3 Å². The van der Waals surface area contributed by atoms with E-state index in [1.54, 1.807) is 30.5 Å². The third-order valence-corrected chi connectivity index (χ3v) is 28.5. The van der Waals surface area contributed by atoms with Gasteiger partial charge in [0.05, 0.1) is 0 Å². The van der Waals surface area contributed by atoms with Crippen LogP contribution in [0.25, 0.3) is 10.4 Å². The second-order valence-electron chi connectivity index (χ2n) is 11.6. The first kappa shape index (κ1) is 24.7. The van der Waals surface area contributed by atoms with Gasteiger partial charge in [-0.05, 0) is 0 Å². The SMILES string of the molecule is CCC[CH2][Zr]1([CH2]CCC)[CH]2C(CC)=C(c3ccccc32)[Si](C)(C)C2=C(CC)[CH]1c1ccccc12. The molecule has 0 nitrogen and oxygen atoms in total. The maximum absolute atomic E-state index is 2.88. The Morgan fingerprint density at radius 3 is 1.44 bits per heavy atom. The number of rotatable bonds is 8. The molecule has 1 heterocycles. The first-order chi connectivity index (χ1) is 16.5. The van der Waals surface area contributed by atoms with Crippen molar-refractivity contribution < 1.29 is 20.3 Å². The normalized spacial score (nSPS) is 23.6. The van der Waals surface area contributed by atoms with Crippen molar-refractivity contribution in [2.24, 2.45) is 0 Å². The number of fused-ring (bicyclic) bond motifs is 8. The Bertz CT molecular complexity index is 1060. The molecule has 1 aliphatic heterocycles. The molecule has 5 rings (SSSR count). The Hall–Kier alpha value is -0.980. The van der Waals surface area contributed by atoms with Gasteiger partial charge in [0.1, 0.15) is 0 Å². The molecule has 2 aromatic rings. The fourth-order valence-electron chi connectivity index (χ4n) is 8.52. The van der Waals surface area contributed by atoms with Gasteiger partial charge in [0.2, 0.25) is 0 Å². The summed E-state index contributed by atoms with van der Waals surface area (Å²) < 4.78 is 4.68. The summed E-state index contributed by atoms with van der Waals surface area (Å²) >= 11 is -2.88. The van der Waals surface area contributed by atoms with Crippen LogP contribution in [0.4, 0.5) is 0 Å². The van der Waals surface area contributed by atoms with Crippen LogP contribution in [0.15, 0.2) is 59.7 Å². The molecule has 0 N–H and O–H groups in total. The van der Waals surface area contributed by atoms with Crippen LogP contribution in [0.1, 0.15) is 95.7 Å². The van der Waals surface area contributed by atoms with Crippen molar-refractivity contribution in [1.82, 2.24) is 0 Å². The zero-order chi connectivity index (χ0) is 24.1. The molecule has 0 radical (unpaired) electrons. The number of hydrogen-bond acceptors (Lipinski definition) is 0. The van der Waals surface area contributed by atoms with Crippen LogP contribution in [-0.4, -0.2) is 8.07 Å². The van der Waals surface area contributed by atoms with Gasteiger partial charge in [0.15, 0.2) is 0 Å². The minimum absolute atomic E-state index is 0.787. The summed E-state index contributed by atoms with van der Waals surface area (Å²) in [5.41, 5.74) is 10.7. The van der Waals surface area contributed by atoms with E-state index in [1.165, 1.54) is 38.5 Å². The van der Waals surface area contributed by atoms with Crippen molar-refractivity contribution in [1.29, 1.82) is 0 Å². The average Bonchev–Trinajstić information content (AvgIpc) is 3.39. The molecule has 0 spiro atoms. The number of hydrogen-bond donors (Lipinski definition) is 0. The van der Waals surface area contributed by atoms with Crippen LogP contribution >= 0.6 is 0 Å². The predicted molar refractivity (Wildman–Crippen MR) is 150 cm³/mol. The summed E-state index contributed by atoms with van der Waals surface area (Å²) in [6, 6.07) is 19.5. The number of benzene rings is 2. The molecule has 0 aromatic heterocycles. The standard InChI is InChI=1S/C24H26Si.2C4H9.Zr/c1-5-17-15-19-11-7-9-13-21(19)23(17)25(3,4)24-18(6-2)16-20-12-8-10-14-22(20)24;2*1-3-4-2;/h7-16H,5-6H2,1-4H3;2*1,3-4H2,2H3;. The zero-order valence-corrected chi connectivity index (χ0v) is 25.9. The maximum atomic E-state index is 2.70. The van der Waals surface area contributed by atoms with E-state index in [1.807, 2.05) is 21.5 Å². The van der Waals surface area contributed by atoms with Gasteiger partial charge in [-0.1, -0.05) is 0 Å². The van der Waals surface area contributed by atoms with Gasteiger partial charge in [-0.2, -0.15) is 0 Å². The Labute approximate surface area is 214 Å². The molecule has 2 heteroatoms. The van der Waals surface area contributed by atoms with Gasteiger partial charge in [-0.3, -0.25) is 0 Å². The molecule has 34 heavy (non-hydrogen) atoms. The molecule has 0 saturated carbocycles. The molecular weight excluding hydrogens is 504 g/mol. The second-order valence-corrected chi connectivity index (χ2v) is 27.2. The Morgan fingerprint density at radius 1 is 0.647 bits per heavy atom. The third kappa shape index (κ3) is 3.37. The molecule has 4 bridgehead atoms. The van der Waals surface area contributed by atoms with E-state index in [-0.39, 0.29) is 0 Å². The Balaban J connectivity index is 1.93. The predicted octanol–water partition coefficient (Wildman–Crippen LogP) is 10.2. The van der Waals surface area contributed by atoms with E-state index in [4.69, 9.17) is 0 Å². The van der Waals surface area contributed by atoms with Crippen LogP contribution in [-0.2, 0) is 20.3 Å². The van der Waals surface area contributed by atoms with Gasteiger partial charge < -0.3 is 0 Å². The van der Waals surface area contributed by atoms with Crippen molar-refractivity contribution in [2.75, 3.05) is 0 Å². The van der Waals surface area contributed by atoms with Gasteiger partial charge in [0.25, 0.3) is 0 Å². The van der Waals surface area contributed by atoms with E-state index in [9.17, 15) is 0 Å². The van der Waals surface area contributed by atoms with Crippen molar-refractivity contribution in [3.05, 3.63) is 81.9 Å². The first-order valence-corrected chi connectivity index (χ1v) is 23.4. The fraction of sp³-hybridized carbons (Fsp3) is 0.500. The number of allylic oxidation sites excluding steroid dienone is 2. The molecule has 2 atom stereocenters. The molecule has 2 unspecified atom stereocenters. The van der Waals surface area contributed by atoms with E-state index >= 15 is 0 Å². The van der Waals surface area contributed by atoms with Crippen molar-refractivity contribution in [2.45, 2.75) is 94.8 Å². The second kappa shape index (κ2) is 9.48. The topological polar surface area (TPSA) is 0 Å². The fourth-order valence-corrected chi connectivity index (χ4v) is 32.2. The van der Waals surface area contributed by atoms with Gasteiger partial charge in [0, 0.05) is 0 Å². The monoisotopic (exact) mass is 546 g/mol. The van der Waals surface area contributed by atoms with Crippen molar-refractivity contribution >= 4 is 18.5 Å². The summed E-state index contributed by atoms with van der Waals surface area (Å²) in [5.74, 6) is 0. The minimum atomic E-state index is -2.88. The van der Waals surface area contributed by atoms with Crippen LogP contribution in [0.3, 0.4) is 0 Å². The first-order valence-electron chi connectivity index (χ1n) is 14.1. The molecule has 0 amide bonds. The molecular formula is C32H44SiZr. The van der Waals surface area contributed by atoms with Crippen LogP contribution in [0.5, 0.6) is 0 Å². The van der Waals surface area contributed by atoms with Crippen LogP contribution in [0, 0.1) is 0 Å². The summed E-state index contributed by atoms with van der Waals surface area (Å²) in [4.78, 5) is 0. The van der Waals surface area contributed by atoms with Gasteiger partial charge >= 0.3 is 215 Å².